The van der Waals surface area contributed by atoms with E-state index in [1.54, 1.807) is 0 Å². The van der Waals surface area contributed by atoms with Gasteiger partial charge in [0.15, 0.2) is 0 Å². The van der Waals surface area contributed by atoms with Gasteiger partial charge in [0.1, 0.15) is 0 Å². The van der Waals surface area contributed by atoms with Crippen molar-refractivity contribution in [1.82, 2.24) is 0 Å². The molecule has 3 nitrogen and oxygen atoms in total. The molecule has 1 saturated heterocycles. The minimum absolute atomic E-state index is 0.0801. The van der Waals surface area contributed by atoms with Gasteiger partial charge in [0, 0.05) is 23.3 Å². The van der Waals surface area contributed by atoms with Gasteiger partial charge in [0.05, 0.1) is 24.9 Å². The van der Waals surface area contributed by atoms with Gasteiger partial charge in [0.25, 0.3) is 0 Å². The Bertz CT molecular complexity index is 770. The highest BCUT2D eigenvalue weighted by Gasteiger charge is 2.31. The third-order valence-electron chi connectivity index (χ3n) is 5.70. The number of halogens is 1. The molecule has 0 aliphatic carbocycles. The number of aliphatic hydroxyl groups is 2. The quantitative estimate of drug-likeness (QED) is 0.773. The molecule has 2 aromatic rings. The van der Waals surface area contributed by atoms with Crippen LogP contribution in [0.5, 0.6) is 0 Å². The Kier molecular flexibility index (Phi) is 6.27. The fraction of sp³-hybridized carbons (Fsp3) is 0.478. The zero-order chi connectivity index (χ0) is 19.6. The van der Waals surface area contributed by atoms with Crippen LogP contribution >= 0.6 is 11.6 Å². The molecule has 0 spiro atoms. The van der Waals surface area contributed by atoms with Crippen molar-refractivity contribution in [3.05, 3.63) is 69.7 Å². The van der Waals surface area contributed by atoms with E-state index in [4.69, 9.17) is 16.3 Å². The summed E-state index contributed by atoms with van der Waals surface area (Å²) in [5, 5.41) is 20.3. The highest BCUT2D eigenvalue weighted by atomic mass is 35.5. The van der Waals surface area contributed by atoms with E-state index in [9.17, 15) is 10.2 Å². The molecule has 146 valence electrons. The molecule has 0 amide bonds. The summed E-state index contributed by atoms with van der Waals surface area (Å²) in [5.74, 6) is 0. The molecular formula is C23H29ClO3. The lowest BCUT2D eigenvalue weighted by Crippen LogP contribution is -2.33. The van der Waals surface area contributed by atoms with Crippen LogP contribution in [0.25, 0.3) is 0 Å². The maximum absolute atomic E-state index is 10.1. The third-order valence-corrected chi connectivity index (χ3v) is 6.03. The summed E-state index contributed by atoms with van der Waals surface area (Å²) in [5.41, 5.74) is 4.29. The number of hydrogen-bond acceptors (Lipinski definition) is 3. The highest BCUT2D eigenvalue weighted by Crippen LogP contribution is 2.39. The maximum atomic E-state index is 10.1. The Hall–Kier alpha value is -1.39. The molecule has 3 unspecified atom stereocenters. The van der Waals surface area contributed by atoms with Crippen molar-refractivity contribution in [3.8, 4) is 0 Å². The summed E-state index contributed by atoms with van der Waals surface area (Å²) in [6.45, 7) is 6.42. The second-order valence-corrected chi connectivity index (χ2v) is 8.38. The minimum Gasteiger partial charge on any atom is -0.394 e. The van der Waals surface area contributed by atoms with E-state index < -0.39 is 6.10 Å². The number of ether oxygens (including phenoxy) is 1. The van der Waals surface area contributed by atoms with Crippen LogP contribution in [0, 0.1) is 0 Å². The van der Waals surface area contributed by atoms with Gasteiger partial charge in [-0.25, -0.2) is 0 Å². The topological polar surface area (TPSA) is 49.7 Å². The first-order valence-corrected chi connectivity index (χ1v) is 10.1. The smallest absolute Gasteiger partial charge is 0.0854 e. The third kappa shape index (κ3) is 4.38. The Morgan fingerprint density at radius 1 is 1.11 bits per heavy atom. The zero-order valence-corrected chi connectivity index (χ0v) is 17.0. The summed E-state index contributed by atoms with van der Waals surface area (Å²) < 4.78 is 5.98. The van der Waals surface area contributed by atoms with Crippen LogP contribution in [-0.4, -0.2) is 29.0 Å². The summed E-state index contributed by atoms with van der Waals surface area (Å²) in [6, 6.07) is 14.6. The van der Waals surface area contributed by atoms with Gasteiger partial charge < -0.3 is 14.9 Å². The average Bonchev–Trinajstić information content (AvgIpc) is 2.67. The second-order valence-electron chi connectivity index (χ2n) is 7.97. The monoisotopic (exact) mass is 388 g/mol. The zero-order valence-electron chi connectivity index (χ0n) is 16.3. The standard InChI is InChI=1S/C23H29ClO3/c1-4-15-5-8-17(9-6-15)23(2,3)20-11-16(7-10-21(20)24)22-13-18(26)12-19(14-25)27-22/h5-11,18-19,22,25-26H,4,12-14H2,1-3H3. The summed E-state index contributed by atoms with van der Waals surface area (Å²) in [4.78, 5) is 0. The highest BCUT2D eigenvalue weighted by molar-refractivity contribution is 6.31. The van der Waals surface area contributed by atoms with Crippen LogP contribution in [0.15, 0.2) is 42.5 Å². The fourth-order valence-corrected chi connectivity index (χ4v) is 4.21. The van der Waals surface area contributed by atoms with Gasteiger partial charge in [0.2, 0.25) is 0 Å². The van der Waals surface area contributed by atoms with E-state index in [2.05, 4.69) is 51.1 Å². The number of aryl methyl sites for hydroxylation is 1. The Balaban J connectivity index is 1.94. The molecule has 3 rings (SSSR count). The first-order chi connectivity index (χ1) is 12.8. The molecule has 2 aromatic carbocycles. The second kappa shape index (κ2) is 8.32. The van der Waals surface area contributed by atoms with E-state index in [0.29, 0.717) is 12.8 Å². The lowest BCUT2D eigenvalue weighted by Gasteiger charge is -2.34. The van der Waals surface area contributed by atoms with E-state index in [0.717, 1.165) is 22.6 Å². The van der Waals surface area contributed by atoms with Gasteiger partial charge in [-0.05, 0) is 34.7 Å². The average molecular weight is 389 g/mol. The van der Waals surface area contributed by atoms with Gasteiger partial charge in [-0.2, -0.15) is 0 Å². The number of rotatable bonds is 5. The van der Waals surface area contributed by atoms with Gasteiger partial charge in [-0.15, -0.1) is 0 Å². The normalized spacial score (nSPS) is 23.4. The van der Waals surface area contributed by atoms with Crippen molar-refractivity contribution >= 4 is 11.6 Å². The van der Waals surface area contributed by atoms with E-state index in [1.807, 2.05) is 12.1 Å². The van der Waals surface area contributed by atoms with Crippen LogP contribution in [0.3, 0.4) is 0 Å². The summed E-state index contributed by atoms with van der Waals surface area (Å²) in [7, 11) is 0. The molecule has 0 radical (unpaired) electrons. The van der Waals surface area contributed by atoms with Crippen molar-refractivity contribution in [1.29, 1.82) is 0 Å². The largest absolute Gasteiger partial charge is 0.394 e. The van der Waals surface area contributed by atoms with Crippen molar-refractivity contribution < 1.29 is 14.9 Å². The number of hydrogen-bond donors (Lipinski definition) is 2. The molecular weight excluding hydrogens is 360 g/mol. The molecule has 0 bridgehead atoms. The Labute approximate surface area is 167 Å². The van der Waals surface area contributed by atoms with Crippen LogP contribution < -0.4 is 0 Å². The maximum Gasteiger partial charge on any atom is 0.0854 e. The first kappa shape index (κ1) is 20.3. The fourth-order valence-electron chi connectivity index (χ4n) is 3.86. The van der Waals surface area contributed by atoms with Crippen LogP contribution in [0.2, 0.25) is 5.02 Å². The predicted molar refractivity (Wildman–Crippen MR) is 109 cm³/mol. The molecule has 1 fully saturated rings. The Morgan fingerprint density at radius 2 is 1.81 bits per heavy atom. The SMILES string of the molecule is CCc1ccc(C(C)(C)c2cc(C3CC(O)CC(CO)O3)ccc2Cl)cc1. The Morgan fingerprint density at radius 3 is 2.44 bits per heavy atom. The number of benzene rings is 2. The molecule has 4 heteroatoms. The molecule has 0 aromatic heterocycles. The summed E-state index contributed by atoms with van der Waals surface area (Å²) >= 11 is 6.58. The van der Waals surface area contributed by atoms with Crippen molar-refractivity contribution in [3.63, 3.8) is 0 Å². The lowest BCUT2D eigenvalue weighted by atomic mass is 9.77. The van der Waals surface area contributed by atoms with Crippen LogP contribution in [0.1, 0.15) is 62.0 Å². The first-order valence-electron chi connectivity index (χ1n) is 9.68. The van der Waals surface area contributed by atoms with Crippen LogP contribution in [0.4, 0.5) is 0 Å². The molecule has 2 N–H and O–H groups in total. The van der Waals surface area contributed by atoms with Crippen LogP contribution in [-0.2, 0) is 16.6 Å². The number of aliphatic hydroxyl groups excluding tert-OH is 2. The van der Waals surface area contributed by atoms with Crippen molar-refractivity contribution in [2.75, 3.05) is 6.61 Å². The summed E-state index contributed by atoms with van der Waals surface area (Å²) in [6.07, 6.45) is 0.998. The van der Waals surface area contributed by atoms with Crippen molar-refractivity contribution in [2.45, 2.75) is 63.8 Å². The lowest BCUT2D eigenvalue weighted by molar-refractivity contribution is -0.113. The van der Waals surface area contributed by atoms with Gasteiger partial charge >= 0.3 is 0 Å². The van der Waals surface area contributed by atoms with E-state index in [1.165, 1.54) is 11.1 Å². The molecule has 1 aliphatic heterocycles. The molecule has 1 aliphatic rings. The molecule has 27 heavy (non-hydrogen) atoms. The molecule has 0 saturated carbocycles. The van der Waals surface area contributed by atoms with Gasteiger partial charge in [-0.3, -0.25) is 0 Å². The molecule has 3 atom stereocenters. The van der Waals surface area contributed by atoms with E-state index >= 15 is 0 Å². The predicted octanol–water partition coefficient (Wildman–Crippen LogP) is 4.80. The van der Waals surface area contributed by atoms with E-state index in [-0.39, 0.29) is 24.2 Å². The van der Waals surface area contributed by atoms with Crippen molar-refractivity contribution in [2.24, 2.45) is 0 Å². The molecule has 1 heterocycles. The minimum atomic E-state index is -0.463. The van der Waals surface area contributed by atoms with Gasteiger partial charge in [-0.1, -0.05) is 68.8 Å².